The minimum absolute atomic E-state index is 0.284. The van der Waals surface area contributed by atoms with Crippen LogP contribution < -0.4 is 5.73 Å². The Bertz CT molecular complexity index is 299. The fourth-order valence-electron chi connectivity index (χ4n) is 2.55. The molecule has 0 amide bonds. The molecule has 1 aliphatic rings. The highest BCUT2D eigenvalue weighted by Crippen LogP contribution is 2.32. The number of rotatable bonds is 3. The smallest absolute Gasteiger partial charge is 0.0392 e. The average molecular weight is 223 g/mol. The van der Waals surface area contributed by atoms with Crippen LogP contribution in [0, 0.1) is 12.8 Å². The van der Waals surface area contributed by atoms with E-state index in [-0.39, 0.29) is 6.04 Å². The average Bonchev–Trinajstić information content (AvgIpc) is 2.66. The van der Waals surface area contributed by atoms with Gasteiger partial charge in [0.05, 0.1) is 0 Å². The molecule has 1 nitrogen and oxygen atoms in total. The van der Waals surface area contributed by atoms with Crippen molar-refractivity contribution in [3.8, 4) is 0 Å². The summed E-state index contributed by atoms with van der Waals surface area (Å²) in [6, 6.07) is 4.67. The fourth-order valence-corrected chi connectivity index (χ4v) is 3.44. The molecule has 1 heterocycles. The Labute approximate surface area is 96.7 Å². The number of nitrogens with two attached hydrogens (primary N) is 1. The number of hydrogen-bond donors (Lipinski definition) is 1. The first kappa shape index (κ1) is 11.2. The fraction of sp³-hybridized carbons (Fsp3) is 0.692. The highest BCUT2D eigenvalue weighted by Gasteiger charge is 2.18. The van der Waals surface area contributed by atoms with Gasteiger partial charge in [-0.25, -0.2) is 0 Å². The Morgan fingerprint density at radius 3 is 2.67 bits per heavy atom. The molecule has 1 saturated carbocycles. The third kappa shape index (κ3) is 3.05. The van der Waals surface area contributed by atoms with E-state index in [2.05, 4.69) is 19.1 Å². The van der Waals surface area contributed by atoms with Gasteiger partial charge in [-0.2, -0.15) is 0 Å². The lowest BCUT2D eigenvalue weighted by molar-refractivity contribution is 0.320. The summed E-state index contributed by atoms with van der Waals surface area (Å²) in [6.07, 6.45) is 8.27. The minimum Gasteiger partial charge on any atom is -0.323 e. The van der Waals surface area contributed by atoms with E-state index in [0.29, 0.717) is 0 Å². The maximum Gasteiger partial charge on any atom is 0.0392 e. The Kier molecular flexibility index (Phi) is 3.81. The Balaban J connectivity index is 1.88. The zero-order valence-electron chi connectivity index (χ0n) is 9.54. The normalized spacial score (nSPS) is 20.4. The monoisotopic (exact) mass is 223 g/mol. The summed E-state index contributed by atoms with van der Waals surface area (Å²) >= 11 is 1.86. The first-order chi connectivity index (χ1) is 7.25. The van der Waals surface area contributed by atoms with Crippen molar-refractivity contribution in [2.45, 2.75) is 51.5 Å². The quantitative estimate of drug-likeness (QED) is 0.822. The standard InChI is InChI=1S/C13H21NS/c1-10-7-8-13(15-10)12(14)9-11-5-3-2-4-6-11/h7-8,11-12H,2-6,9,14H2,1H3. The van der Waals surface area contributed by atoms with Gasteiger partial charge in [0.15, 0.2) is 0 Å². The van der Waals surface area contributed by atoms with Crippen molar-refractivity contribution in [3.63, 3.8) is 0 Å². The Hall–Kier alpha value is -0.340. The van der Waals surface area contributed by atoms with Crippen LogP contribution in [0.4, 0.5) is 0 Å². The molecular weight excluding hydrogens is 202 g/mol. The van der Waals surface area contributed by atoms with Gasteiger partial charge in [-0.15, -0.1) is 11.3 Å². The van der Waals surface area contributed by atoms with Crippen LogP contribution in [0.2, 0.25) is 0 Å². The molecule has 84 valence electrons. The topological polar surface area (TPSA) is 26.0 Å². The van der Waals surface area contributed by atoms with Gasteiger partial charge >= 0.3 is 0 Å². The molecule has 0 bridgehead atoms. The van der Waals surface area contributed by atoms with Crippen LogP contribution in [0.5, 0.6) is 0 Å². The third-order valence-electron chi connectivity index (χ3n) is 3.44. The summed E-state index contributed by atoms with van der Waals surface area (Å²) in [5.74, 6) is 0.885. The first-order valence-corrected chi connectivity index (χ1v) is 6.89. The van der Waals surface area contributed by atoms with Crippen LogP contribution in [0.3, 0.4) is 0 Å². The van der Waals surface area contributed by atoms with Gasteiger partial charge in [-0.05, 0) is 31.4 Å². The number of thiophene rings is 1. The Morgan fingerprint density at radius 1 is 1.33 bits per heavy atom. The molecule has 2 heteroatoms. The third-order valence-corrected chi connectivity index (χ3v) is 4.57. The van der Waals surface area contributed by atoms with Gasteiger partial charge in [-0.1, -0.05) is 32.1 Å². The lowest BCUT2D eigenvalue weighted by atomic mass is 9.85. The molecular formula is C13H21NS. The van der Waals surface area contributed by atoms with Gasteiger partial charge < -0.3 is 5.73 Å². The molecule has 0 aliphatic heterocycles. The SMILES string of the molecule is Cc1ccc(C(N)CC2CCCCC2)s1. The summed E-state index contributed by atoms with van der Waals surface area (Å²) < 4.78 is 0. The molecule has 1 atom stereocenters. The van der Waals surface area contributed by atoms with Crippen LogP contribution in [0.15, 0.2) is 12.1 Å². The molecule has 1 fully saturated rings. The zero-order chi connectivity index (χ0) is 10.7. The van der Waals surface area contributed by atoms with Gasteiger partial charge in [-0.3, -0.25) is 0 Å². The molecule has 1 unspecified atom stereocenters. The van der Waals surface area contributed by atoms with E-state index in [1.54, 1.807) is 0 Å². The van der Waals surface area contributed by atoms with E-state index >= 15 is 0 Å². The molecule has 2 rings (SSSR count). The van der Waals surface area contributed by atoms with Crippen molar-refractivity contribution in [2.24, 2.45) is 11.7 Å². The molecule has 1 aliphatic carbocycles. The van der Waals surface area contributed by atoms with Crippen LogP contribution in [0.1, 0.15) is 54.3 Å². The second-order valence-corrected chi connectivity index (χ2v) is 6.11. The van der Waals surface area contributed by atoms with Gasteiger partial charge in [0.2, 0.25) is 0 Å². The molecule has 2 N–H and O–H groups in total. The van der Waals surface area contributed by atoms with Gasteiger partial charge in [0.25, 0.3) is 0 Å². The minimum atomic E-state index is 0.284. The summed E-state index contributed by atoms with van der Waals surface area (Å²) in [5.41, 5.74) is 6.25. The molecule has 0 aromatic carbocycles. The molecule has 0 spiro atoms. The lowest BCUT2D eigenvalue weighted by Gasteiger charge is -2.24. The van der Waals surface area contributed by atoms with Gasteiger partial charge in [0.1, 0.15) is 0 Å². The predicted molar refractivity (Wildman–Crippen MR) is 67.2 cm³/mol. The van der Waals surface area contributed by atoms with E-state index in [9.17, 15) is 0 Å². The molecule has 0 radical (unpaired) electrons. The highest BCUT2D eigenvalue weighted by molar-refractivity contribution is 7.12. The molecule has 0 saturated heterocycles. The predicted octanol–water partition coefficient (Wildman–Crippen LogP) is 4.03. The summed E-state index contributed by atoms with van der Waals surface area (Å²) in [7, 11) is 0. The van der Waals surface area contributed by atoms with Crippen LogP contribution in [-0.4, -0.2) is 0 Å². The lowest BCUT2D eigenvalue weighted by Crippen LogP contribution is -2.16. The molecule has 15 heavy (non-hydrogen) atoms. The van der Waals surface area contributed by atoms with E-state index in [0.717, 1.165) is 5.92 Å². The van der Waals surface area contributed by atoms with Crippen LogP contribution in [0.25, 0.3) is 0 Å². The van der Waals surface area contributed by atoms with Crippen molar-refractivity contribution in [1.82, 2.24) is 0 Å². The summed E-state index contributed by atoms with van der Waals surface area (Å²) in [5, 5.41) is 0. The second kappa shape index (κ2) is 5.13. The number of aryl methyl sites for hydroxylation is 1. The Morgan fingerprint density at radius 2 is 2.07 bits per heavy atom. The van der Waals surface area contributed by atoms with Crippen molar-refractivity contribution in [1.29, 1.82) is 0 Å². The molecule has 1 aromatic heterocycles. The van der Waals surface area contributed by atoms with E-state index in [4.69, 9.17) is 5.73 Å². The van der Waals surface area contributed by atoms with Crippen molar-refractivity contribution in [2.75, 3.05) is 0 Å². The van der Waals surface area contributed by atoms with Crippen molar-refractivity contribution >= 4 is 11.3 Å². The van der Waals surface area contributed by atoms with Crippen LogP contribution in [-0.2, 0) is 0 Å². The van der Waals surface area contributed by atoms with Crippen LogP contribution >= 0.6 is 11.3 Å². The van der Waals surface area contributed by atoms with E-state index in [1.165, 1.54) is 48.3 Å². The molecule has 1 aromatic rings. The van der Waals surface area contributed by atoms with E-state index in [1.807, 2.05) is 11.3 Å². The largest absolute Gasteiger partial charge is 0.323 e. The van der Waals surface area contributed by atoms with Crippen molar-refractivity contribution in [3.05, 3.63) is 21.9 Å². The summed E-state index contributed by atoms with van der Waals surface area (Å²) in [6.45, 7) is 2.15. The highest BCUT2D eigenvalue weighted by atomic mass is 32.1. The number of hydrogen-bond acceptors (Lipinski definition) is 2. The van der Waals surface area contributed by atoms with E-state index < -0.39 is 0 Å². The first-order valence-electron chi connectivity index (χ1n) is 6.07. The second-order valence-electron chi connectivity index (χ2n) is 4.79. The van der Waals surface area contributed by atoms with Crippen molar-refractivity contribution < 1.29 is 0 Å². The maximum absolute atomic E-state index is 6.25. The van der Waals surface area contributed by atoms with Gasteiger partial charge in [0, 0.05) is 15.8 Å². The summed E-state index contributed by atoms with van der Waals surface area (Å²) in [4.78, 5) is 2.75. The zero-order valence-corrected chi connectivity index (χ0v) is 10.4. The maximum atomic E-state index is 6.25.